The molecule has 1 unspecified atom stereocenters. The third-order valence-electron chi connectivity index (χ3n) is 3.76. The average Bonchev–Trinajstić information content (AvgIpc) is 3.06. The molecule has 1 atom stereocenters. The molecule has 0 aliphatic carbocycles. The predicted molar refractivity (Wildman–Crippen MR) is 91.6 cm³/mol. The van der Waals surface area contributed by atoms with Crippen molar-refractivity contribution in [3.05, 3.63) is 47.8 Å². The van der Waals surface area contributed by atoms with E-state index in [1.165, 1.54) is 6.21 Å². The van der Waals surface area contributed by atoms with E-state index in [9.17, 15) is 4.79 Å². The Labute approximate surface area is 140 Å². The van der Waals surface area contributed by atoms with Crippen LogP contribution < -0.4 is 14.9 Å². The van der Waals surface area contributed by atoms with Crippen LogP contribution in [0.5, 0.6) is 11.5 Å². The van der Waals surface area contributed by atoms with E-state index < -0.39 is 6.10 Å². The number of aromatic nitrogens is 1. The number of H-pyrrole nitrogens is 1. The molecule has 1 aromatic heterocycles. The smallest absolute Gasteiger partial charge is 0.284 e. The van der Waals surface area contributed by atoms with Crippen LogP contribution >= 0.6 is 0 Å². The Morgan fingerprint density at radius 2 is 2.17 bits per heavy atom. The molecule has 2 heterocycles. The fraction of sp³-hybridized carbons (Fsp3) is 0.333. The van der Waals surface area contributed by atoms with Crippen LogP contribution in [0.15, 0.2) is 41.6 Å². The molecule has 126 valence electrons. The fourth-order valence-corrected chi connectivity index (χ4v) is 2.33. The molecule has 0 fully saturated rings. The van der Waals surface area contributed by atoms with Crippen LogP contribution in [0.3, 0.4) is 0 Å². The highest BCUT2D eigenvalue weighted by atomic mass is 16.6. The first kappa shape index (κ1) is 16.1. The summed E-state index contributed by atoms with van der Waals surface area (Å²) >= 11 is 0. The van der Waals surface area contributed by atoms with Gasteiger partial charge >= 0.3 is 0 Å². The van der Waals surface area contributed by atoms with E-state index in [0.29, 0.717) is 11.5 Å². The van der Waals surface area contributed by atoms with Crippen molar-refractivity contribution in [3.8, 4) is 11.5 Å². The van der Waals surface area contributed by atoms with Crippen molar-refractivity contribution in [1.82, 2.24) is 10.4 Å². The predicted octanol–water partition coefficient (Wildman–Crippen LogP) is 2.60. The molecule has 6 heteroatoms. The lowest BCUT2D eigenvalue weighted by molar-refractivity contribution is -0.130. The second-order valence-corrected chi connectivity index (χ2v) is 6.69. The number of hydrogen-bond donors (Lipinski definition) is 2. The third-order valence-corrected chi connectivity index (χ3v) is 3.76. The Bertz CT molecular complexity index is 745. The number of hydrogen-bond acceptors (Lipinski definition) is 4. The van der Waals surface area contributed by atoms with Crippen LogP contribution in [0.2, 0.25) is 0 Å². The van der Waals surface area contributed by atoms with Crippen LogP contribution in [-0.2, 0) is 10.2 Å². The van der Waals surface area contributed by atoms with Crippen LogP contribution in [0, 0.1) is 0 Å². The summed E-state index contributed by atoms with van der Waals surface area (Å²) in [6, 6.07) is 9.53. The Balaban J connectivity index is 1.66. The van der Waals surface area contributed by atoms with Crippen molar-refractivity contribution in [2.45, 2.75) is 32.3 Å². The summed E-state index contributed by atoms with van der Waals surface area (Å²) in [6.07, 6.45) is 2.59. The maximum Gasteiger partial charge on any atom is 0.284 e. The van der Waals surface area contributed by atoms with Crippen LogP contribution in [0.4, 0.5) is 0 Å². The Morgan fingerprint density at radius 3 is 2.88 bits per heavy atom. The van der Waals surface area contributed by atoms with Gasteiger partial charge in [0.1, 0.15) is 6.61 Å². The molecule has 0 saturated carbocycles. The zero-order valence-corrected chi connectivity index (χ0v) is 14.0. The summed E-state index contributed by atoms with van der Waals surface area (Å²) in [7, 11) is 0. The van der Waals surface area contributed by atoms with Gasteiger partial charge in [0, 0.05) is 6.20 Å². The molecular formula is C18H21N3O3. The van der Waals surface area contributed by atoms with Gasteiger partial charge in [-0.3, -0.25) is 4.79 Å². The van der Waals surface area contributed by atoms with Crippen molar-refractivity contribution in [2.24, 2.45) is 5.10 Å². The number of rotatable bonds is 3. The molecule has 0 bridgehead atoms. The number of nitrogens with zero attached hydrogens (tertiary/aromatic N) is 1. The van der Waals surface area contributed by atoms with Crippen molar-refractivity contribution in [3.63, 3.8) is 0 Å². The molecule has 6 nitrogen and oxygen atoms in total. The first-order valence-electron chi connectivity index (χ1n) is 7.84. The van der Waals surface area contributed by atoms with Crippen molar-refractivity contribution in [1.29, 1.82) is 0 Å². The molecule has 2 N–H and O–H groups in total. The number of amides is 1. The molecule has 24 heavy (non-hydrogen) atoms. The molecule has 0 radical (unpaired) electrons. The summed E-state index contributed by atoms with van der Waals surface area (Å²) < 4.78 is 11.4. The van der Waals surface area contributed by atoms with Gasteiger partial charge in [0.25, 0.3) is 5.91 Å². The summed E-state index contributed by atoms with van der Waals surface area (Å²) in [6.45, 7) is 6.53. The number of carbonyl (C=O) groups is 1. The Morgan fingerprint density at radius 1 is 1.33 bits per heavy atom. The molecule has 3 rings (SSSR count). The number of fused-ring (bicyclic) bond motifs is 1. The maximum absolute atomic E-state index is 12.2. The van der Waals surface area contributed by atoms with E-state index in [-0.39, 0.29) is 17.9 Å². The van der Waals surface area contributed by atoms with Crippen molar-refractivity contribution < 1.29 is 14.3 Å². The SMILES string of the molecule is CC(C)(C)c1ccc2c(c1)OC(C(=O)N/N=C/c1ccc[nH]1)CO2. The standard InChI is InChI=1S/C18H21N3O3/c1-18(2,3)12-6-7-14-15(9-12)24-16(11-23-14)17(22)21-20-10-13-5-4-8-19-13/h4-10,16,19H,11H2,1-3H3,(H,21,22)/b20-10+. The number of benzene rings is 1. The zero-order chi connectivity index (χ0) is 17.2. The number of hydrazone groups is 1. The van der Waals surface area contributed by atoms with E-state index in [4.69, 9.17) is 9.47 Å². The minimum Gasteiger partial charge on any atom is -0.485 e. The highest BCUT2D eigenvalue weighted by Crippen LogP contribution is 2.36. The molecule has 0 saturated heterocycles. The maximum atomic E-state index is 12.2. The van der Waals surface area contributed by atoms with E-state index >= 15 is 0 Å². The summed E-state index contributed by atoms with van der Waals surface area (Å²) in [5.74, 6) is 0.897. The molecule has 1 aliphatic rings. The number of aromatic amines is 1. The van der Waals surface area contributed by atoms with E-state index in [1.807, 2.05) is 30.3 Å². The highest BCUT2D eigenvalue weighted by Gasteiger charge is 2.28. The number of ether oxygens (including phenoxy) is 2. The van der Waals surface area contributed by atoms with Crippen LogP contribution in [0.25, 0.3) is 0 Å². The fourth-order valence-electron chi connectivity index (χ4n) is 2.33. The van der Waals surface area contributed by atoms with Crippen molar-refractivity contribution >= 4 is 12.1 Å². The molecule has 2 aromatic rings. The van der Waals surface area contributed by atoms with Gasteiger partial charge in [-0.1, -0.05) is 26.8 Å². The summed E-state index contributed by atoms with van der Waals surface area (Å²) in [5.41, 5.74) is 4.39. The molecule has 0 spiro atoms. The second kappa shape index (κ2) is 6.39. The minimum absolute atomic E-state index is 0.00603. The Kier molecular flexibility index (Phi) is 4.29. The third kappa shape index (κ3) is 3.59. The van der Waals surface area contributed by atoms with Gasteiger partial charge in [-0.25, -0.2) is 5.43 Å². The first-order chi connectivity index (χ1) is 11.4. The largest absolute Gasteiger partial charge is 0.485 e. The minimum atomic E-state index is -0.728. The Hall–Kier alpha value is -2.76. The quantitative estimate of drug-likeness (QED) is 0.672. The lowest BCUT2D eigenvalue weighted by atomic mass is 9.87. The molecule has 1 aromatic carbocycles. The van der Waals surface area contributed by atoms with Gasteiger partial charge in [0.2, 0.25) is 6.10 Å². The average molecular weight is 327 g/mol. The van der Waals surface area contributed by atoms with E-state index in [0.717, 1.165) is 11.3 Å². The second-order valence-electron chi connectivity index (χ2n) is 6.69. The van der Waals surface area contributed by atoms with Gasteiger partial charge in [0.15, 0.2) is 11.5 Å². The van der Waals surface area contributed by atoms with Gasteiger partial charge < -0.3 is 14.5 Å². The number of carbonyl (C=O) groups excluding carboxylic acids is 1. The lowest BCUT2D eigenvalue weighted by Crippen LogP contribution is -2.42. The van der Waals surface area contributed by atoms with Crippen LogP contribution in [0.1, 0.15) is 32.0 Å². The van der Waals surface area contributed by atoms with E-state index in [2.05, 4.69) is 36.3 Å². The topological polar surface area (TPSA) is 75.7 Å². The molecule has 1 amide bonds. The van der Waals surface area contributed by atoms with Gasteiger partial charge in [-0.2, -0.15) is 5.10 Å². The highest BCUT2D eigenvalue weighted by molar-refractivity contribution is 5.84. The van der Waals surface area contributed by atoms with Gasteiger partial charge in [-0.15, -0.1) is 0 Å². The summed E-state index contributed by atoms with van der Waals surface area (Å²) in [5, 5.41) is 3.91. The van der Waals surface area contributed by atoms with Crippen LogP contribution in [-0.4, -0.2) is 29.8 Å². The molecule has 1 aliphatic heterocycles. The van der Waals surface area contributed by atoms with Gasteiger partial charge in [-0.05, 0) is 35.2 Å². The monoisotopic (exact) mass is 327 g/mol. The normalized spacial score (nSPS) is 17.0. The number of nitrogens with one attached hydrogen (secondary N) is 2. The van der Waals surface area contributed by atoms with Crippen molar-refractivity contribution in [2.75, 3.05) is 6.61 Å². The lowest BCUT2D eigenvalue weighted by Gasteiger charge is -2.27. The first-order valence-corrected chi connectivity index (χ1v) is 7.84. The molecular weight excluding hydrogens is 306 g/mol. The van der Waals surface area contributed by atoms with E-state index in [1.54, 1.807) is 6.20 Å². The summed E-state index contributed by atoms with van der Waals surface area (Å²) in [4.78, 5) is 15.1. The zero-order valence-electron chi connectivity index (χ0n) is 14.0. The van der Waals surface area contributed by atoms with Gasteiger partial charge in [0.05, 0.1) is 11.9 Å².